The third-order valence-corrected chi connectivity index (χ3v) is 5.48. The van der Waals surface area contributed by atoms with Gasteiger partial charge in [0.2, 0.25) is 0 Å². The molecule has 1 aromatic heterocycles. The number of fused-ring (bicyclic) bond motifs is 1. The van der Waals surface area contributed by atoms with Gasteiger partial charge in [0.25, 0.3) is 0 Å². The van der Waals surface area contributed by atoms with Crippen LogP contribution in [0.2, 0.25) is 0 Å². The summed E-state index contributed by atoms with van der Waals surface area (Å²) in [4.78, 5) is 4.70. The van der Waals surface area contributed by atoms with E-state index in [1.807, 2.05) is 6.20 Å². The number of hydrogen-bond acceptors (Lipinski definition) is 1. The van der Waals surface area contributed by atoms with Crippen molar-refractivity contribution in [2.45, 2.75) is 59.8 Å². The second kappa shape index (κ2) is 8.52. The smallest absolute Gasteiger partial charge is 0.0451 e. The predicted molar refractivity (Wildman–Crippen MR) is 118 cm³/mol. The molecule has 0 saturated carbocycles. The van der Waals surface area contributed by atoms with Crippen molar-refractivity contribution in [3.05, 3.63) is 88.3 Å². The summed E-state index contributed by atoms with van der Waals surface area (Å²) < 4.78 is 0. The largest absolute Gasteiger partial charge is 0.260 e. The molecule has 0 radical (unpaired) electrons. The molecule has 3 rings (SSSR count). The highest BCUT2D eigenvalue weighted by molar-refractivity contribution is 5.83. The van der Waals surface area contributed by atoms with Crippen molar-refractivity contribution in [1.82, 2.24) is 4.98 Å². The lowest BCUT2D eigenvalue weighted by atomic mass is 9.87. The van der Waals surface area contributed by atoms with Crippen LogP contribution in [-0.4, -0.2) is 4.98 Å². The van der Waals surface area contributed by atoms with Gasteiger partial charge in [0.1, 0.15) is 0 Å². The van der Waals surface area contributed by atoms with Crippen LogP contribution in [0.25, 0.3) is 11.1 Å². The Morgan fingerprint density at radius 1 is 1.07 bits per heavy atom. The molecule has 27 heavy (non-hydrogen) atoms. The summed E-state index contributed by atoms with van der Waals surface area (Å²) in [6, 6.07) is 9.14. The molecule has 0 unspecified atom stereocenters. The van der Waals surface area contributed by atoms with Crippen molar-refractivity contribution in [1.29, 1.82) is 0 Å². The molecule has 140 valence electrons. The van der Waals surface area contributed by atoms with Crippen LogP contribution in [0.3, 0.4) is 0 Å². The number of allylic oxidation sites excluding steroid dienone is 4. The molecule has 1 heterocycles. The summed E-state index contributed by atoms with van der Waals surface area (Å²) in [6.07, 6.45) is 12.5. The van der Waals surface area contributed by atoms with Gasteiger partial charge in [-0.15, -0.1) is 0 Å². The van der Waals surface area contributed by atoms with Gasteiger partial charge in [0.05, 0.1) is 0 Å². The second-order valence-electron chi connectivity index (χ2n) is 7.75. The Labute approximate surface area is 164 Å². The Bertz CT molecular complexity index is 908. The maximum absolute atomic E-state index is 4.70. The quantitative estimate of drug-likeness (QED) is 0.520. The van der Waals surface area contributed by atoms with Crippen molar-refractivity contribution in [3.63, 3.8) is 0 Å². The molecular weight excluding hydrogens is 326 g/mol. The first-order chi connectivity index (χ1) is 13.0. The second-order valence-corrected chi connectivity index (χ2v) is 7.75. The third-order valence-electron chi connectivity index (χ3n) is 5.48. The Morgan fingerprint density at radius 3 is 2.52 bits per heavy atom. The summed E-state index contributed by atoms with van der Waals surface area (Å²) in [6.45, 7) is 13.0. The molecule has 0 fully saturated rings. The van der Waals surface area contributed by atoms with Crippen LogP contribution < -0.4 is 0 Å². The van der Waals surface area contributed by atoms with Crippen LogP contribution in [0.4, 0.5) is 0 Å². The lowest BCUT2D eigenvalue weighted by Crippen LogP contribution is -2.03. The molecule has 0 saturated heterocycles. The fourth-order valence-corrected chi connectivity index (χ4v) is 3.85. The number of pyridine rings is 1. The van der Waals surface area contributed by atoms with Gasteiger partial charge in [0, 0.05) is 23.0 Å². The first kappa shape index (κ1) is 19.4. The number of nitrogens with zero attached hydrogens (tertiary/aromatic N) is 1. The predicted octanol–water partition coefficient (Wildman–Crippen LogP) is 7.09. The summed E-state index contributed by atoms with van der Waals surface area (Å²) in [5.74, 6) is 0. The highest BCUT2D eigenvalue weighted by Gasteiger charge is 2.14. The highest BCUT2D eigenvalue weighted by atomic mass is 14.7. The van der Waals surface area contributed by atoms with E-state index in [2.05, 4.69) is 70.7 Å². The minimum atomic E-state index is 1.03. The van der Waals surface area contributed by atoms with E-state index in [1.165, 1.54) is 59.1 Å². The van der Waals surface area contributed by atoms with E-state index in [1.54, 1.807) is 0 Å². The average Bonchev–Trinajstić information content (AvgIpc) is 2.68. The summed E-state index contributed by atoms with van der Waals surface area (Å²) in [5.41, 5.74) is 11.2. The molecule has 2 aromatic rings. The lowest BCUT2D eigenvalue weighted by Gasteiger charge is -2.18. The van der Waals surface area contributed by atoms with Crippen molar-refractivity contribution >= 4 is 11.1 Å². The Kier molecular flexibility index (Phi) is 6.11. The van der Waals surface area contributed by atoms with Crippen molar-refractivity contribution in [3.8, 4) is 0 Å². The zero-order valence-electron chi connectivity index (χ0n) is 17.2. The molecule has 0 spiro atoms. The van der Waals surface area contributed by atoms with Crippen molar-refractivity contribution < 1.29 is 0 Å². The number of benzene rings is 1. The van der Waals surface area contributed by atoms with E-state index in [-0.39, 0.29) is 0 Å². The van der Waals surface area contributed by atoms with E-state index in [4.69, 9.17) is 4.98 Å². The van der Waals surface area contributed by atoms with E-state index in [9.17, 15) is 0 Å². The molecule has 1 nitrogen and oxygen atoms in total. The van der Waals surface area contributed by atoms with Gasteiger partial charge in [-0.05, 0) is 86.8 Å². The van der Waals surface area contributed by atoms with Gasteiger partial charge in [-0.1, -0.05) is 49.4 Å². The van der Waals surface area contributed by atoms with Crippen molar-refractivity contribution in [2.75, 3.05) is 0 Å². The van der Waals surface area contributed by atoms with E-state index >= 15 is 0 Å². The fourth-order valence-electron chi connectivity index (χ4n) is 3.85. The zero-order valence-corrected chi connectivity index (χ0v) is 17.2. The topological polar surface area (TPSA) is 12.9 Å². The van der Waals surface area contributed by atoms with Gasteiger partial charge < -0.3 is 0 Å². The third kappa shape index (κ3) is 4.30. The molecule has 0 bridgehead atoms. The minimum Gasteiger partial charge on any atom is -0.260 e. The molecule has 1 aliphatic carbocycles. The van der Waals surface area contributed by atoms with Crippen LogP contribution in [0.5, 0.6) is 0 Å². The lowest BCUT2D eigenvalue weighted by molar-refractivity contribution is 0.685. The molecule has 1 aliphatic rings. The molecular formula is C26H31N. The first-order valence-corrected chi connectivity index (χ1v) is 10.1. The summed E-state index contributed by atoms with van der Waals surface area (Å²) >= 11 is 0. The van der Waals surface area contributed by atoms with Gasteiger partial charge in [0.15, 0.2) is 0 Å². The Morgan fingerprint density at radius 2 is 1.81 bits per heavy atom. The molecule has 1 heteroatoms. The zero-order chi connectivity index (χ0) is 19.4. The molecule has 0 amide bonds. The van der Waals surface area contributed by atoms with Gasteiger partial charge in [-0.3, -0.25) is 4.98 Å². The molecule has 0 N–H and O–H groups in total. The van der Waals surface area contributed by atoms with Crippen LogP contribution in [0.15, 0.2) is 54.8 Å². The SMILES string of the molecule is C=C(c1ccc2c(c1)CCCC2)c1cc(C(/C=C\CC)=C(C)C)cnc1C. The van der Waals surface area contributed by atoms with E-state index in [0.717, 1.165) is 23.3 Å². The van der Waals surface area contributed by atoms with E-state index in [0.29, 0.717) is 0 Å². The number of rotatable bonds is 5. The van der Waals surface area contributed by atoms with Crippen LogP contribution in [0.1, 0.15) is 73.5 Å². The standard InChI is InChI=1S/C26H31N/c1-6-7-12-25(18(2)3)24-16-26(20(5)27-17-24)19(4)22-14-13-21-10-8-9-11-23(21)15-22/h7,12-17H,4,6,8-11H2,1-3,5H3/b12-7-. The Balaban J connectivity index is 2.00. The number of aromatic nitrogens is 1. The average molecular weight is 358 g/mol. The summed E-state index contributed by atoms with van der Waals surface area (Å²) in [7, 11) is 0. The maximum atomic E-state index is 4.70. The summed E-state index contributed by atoms with van der Waals surface area (Å²) in [5, 5.41) is 0. The minimum absolute atomic E-state index is 1.03. The van der Waals surface area contributed by atoms with Gasteiger partial charge in [-0.2, -0.15) is 0 Å². The highest BCUT2D eigenvalue weighted by Crippen LogP contribution is 2.31. The van der Waals surface area contributed by atoms with Crippen molar-refractivity contribution in [2.24, 2.45) is 0 Å². The van der Waals surface area contributed by atoms with Gasteiger partial charge >= 0.3 is 0 Å². The molecule has 0 aliphatic heterocycles. The monoisotopic (exact) mass is 357 g/mol. The maximum Gasteiger partial charge on any atom is 0.0451 e. The number of hydrogen-bond donors (Lipinski definition) is 0. The van der Waals surface area contributed by atoms with Crippen LogP contribution in [0, 0.1) is 6.92 Å². The van der Waals surface area contributed by atoms with Crippen LogP contribution in [-0.2, 0) is 12.8 Å². The Hall–Kier alpha value is -2.41. The molecule has 1 aromatic carbocycles. The van der Waals surface area contributed by atoms with Crippen LogP contribution >= 0.6 is 0 Å². The fraction of sp³-hybridized carbons (Fsp3) is 0.346. The normalized spacial score (nSPS) is 13.5. The van der Waals surface area contributed by atoms with E-state index < -0.39 is 0 Å². The van der Waals surface area contributed by atoms with Gasteiger partial charge in [-0.25, -0.2) is 0 Å². The molecule has 0 atom stereocenters. The number of aryl methyl sites for hydroxylation is 3. The first-order valence-electron chi connectivity index (χ1n) is 10.1.